The molecule has 2 bridgehead atoms. The van der Waals surface area contributed by atoms with Gasteiger partial charge in [-0.05, 0) is 95.4 Å². The molecular weight excluding hydrogens is 454 g/mol. The van der Waals surface area contributed by atoms with Gasteiger partial charge in [0.2, 0.25) is 0 Å². The van der Waals surface area contributed by atoms with Crippen LogP contribution >= 0.6 is 0 Å². The third kappa shape index (κ3) is 4.04. The number of hydrogen-bond donors (Lipinski definition) is 0. The maximum absolute atomic E-state index is 9.56. The Bertz CT molecular complexity index is 1340. The first-order chi connectivity index (χ1) is 17.7. The maximum Gasteiger partial charge on any atom is 0.137 e. The lowest BCUT2D eigenvalue weighted by Crippen LogP contribution is -2.44. The van der Waals surface area contributed by atoms with Crippen molar-refractivity contribution in [2.24, 2.45) is 17.8 Å². The zero-order chi connectivity index (χ0) is 25.9. The molecule has 3 unspecified atom stereocenters. The molecule has 0 N–H and O–H groups in total. The minimum Gasteiger partial charge on any atom is -0.461 e. The monoisotopic (exact) mass is 489 g/mol. The van der Waals surface area contributed by atoms with E-state index in [4.69, 9.17) is 4.74 Å². The van der Waals surface area contributed by atoms with E-state index in [1.807, 2.05) is 18.2 Å². The summed E-state index contributed by atoms with van der Waals surface area (Å²) in [5, 5.41) is 19.1. The van der Waals surface area contributed by atoms with Crippen LogP contribution in [0.3, 0.4) is 0 Å². The molecule has 188 valence electrons. The number of fused-ring (bicyclic) bond motifs is 2. The Hall–Kier alpha value is -3.50. The van der Waals surface area contributed by atoms with Crippen LogP contribution in [0, 0.1) is 40.4 Å². The van der Waals surface area contributed by atoms with E-state index in [2.05, 4.69) is 75.1 Å². The number of benzene rings is 1. The molecule has 3 aliphatic heterocycles. The van der Waals surface area contributed by atoms with E-state index in [1.54, 1.807) is 0 Å². The Morgan fingerprint density at radius 3 is 2.19 bits per heavy atom. The standard InChI is InChI=1S/C33H35N3O/c1-32(2)9-11-36-12-10-33(3,4)29-16-22(15-28(32)31(29)36)6-8-26-17-24(25(19-34)20-35)18-30(37-26)27-14-21-5-7-23(27)13-21/h5-8,15-18,21,23,27H,9-14H2,1-4H3/b8-6+. The van der Waals surface area contributed by atoms with Crippen molar-refractivity contribution >= 4 is 11.8 Å². The molecule has 4 nitrogen and oxygen atoms in total. The van der Waals surface area contributed by atoms with Gasteiger partial charge in [0.15, 0.2) is 0 Å². The van der Waals surface area contributed by atoms with E-state index < -0.39 is 0 Å². The number of nitriles is 2. The zero-order valence-electron chi connectivity index (χ0n) is 22.3. The summed E-state index contributed by atoms with van der Waals surface area (Å²) >= 11 is 0. The molecule has 0 aromatic heterocycles. The van der Waals surface area contributed by atoms with Crippen molar-refractivity contribution in [3.63, 3.8) is 0 Å². The van der Waals surface area contributed by atoms with Gasteiger partial charge in [-0.25, -0.2) is 0 Å². The first-order valence-corrected chi connectivity index (χ1v) is 13.6. The summed E-state index contributed by atoms with van der Waals surface area (Å²) in [6, 6.07) is 8.85. The Morgan fingerprint density at radius 2 is 1.62 bits per heavy atom. The molecular formula is C33H35N3O. The lowest BCUT2D eigenvalue weighted by molar-refractivity contribution is 0.245. The molecule has 6 rings (SSSR count). The molecule has 1 aromatic rings. The number of rotatable bonds is 3. The number of anilines is 1. The van der Waals surface area contributed by atoms with E-state index in [9.17, 15) is 10.5 Å². The third-order valence-electron chi connectivity index (χ3n) is 9.35. The average Bonchev–Trinajstić information content (AvgIpc) is 3.51. The Balaban J connectivity index is 1.38. The second kappa shape index (κ2) is 8.53. The van der Waals surface area contributed by atoms with Gasteiger partial charge >= 0.3 is 0 Å². The largest absolute Gasteiger partial charge is 0.461 e. The van der Waals surface area contributed by atoms with Crippen molar-refractivity contribution in [1.29, 1.82) is 10.5 Å². The molecule has 5 aliphatic rings. The topological polar surface area (TPSA) is 60.0 Å². The fourth-order valence-electron chi connectivity index (χ4n) is 6.95. The van der Waals surface area contributed by atoms with E-state index >= 15 is 0 Å². The molecule has 0 spiro atoms. The molecule has 4 heteroatoms. The maximum atomic E-state index is 9.56. The highest BCUT2D eigenvalue weighted by Gasteiger charge is 2.41. The molecule has 2 aliphatic carbocycles. The fourth-order valence-corrected chi connectivity index (χ4v) is 6.95. The summed E-state index contributed by atoms with van der Waals surface area (Å²) in [4.78, 5) is 2.59. The lowest BCUT2D eigenvalue weighted by Gasteiger charge is -2.48. The third-order valence-corrected chi connectivity index (χ3v) is 9.35. The van der Waals surface area contributed by atoms with Gasteiger partial charge in [0.25, 0.3) is 0 Å². The molecule has 1 fully saturated rings. The fraction of sp³-hybridized carbons (Fsp3) is 0.455. The van der Waals surface area contributed by atoms with Crippen molar-refractivity contribution in [1.82, 2.24) is 0 Å². The van der Waals surface area contributed by atoms with E-state index in [1.165, 1.54) is 28.8 Å². The van der Waals surface area contributed by atoms with Crippen molar-refractivity contribution < 1.29 is 4.74 Å². The van der Waals surface area contributed by atoms with Gasteiger partial charge < -0.3 is 9.64 Å². The van der Waals surface area contributed by atoms with Gasteiger partial charge in [0.1, 0.15) is 29.2 Å². The predicted octanol–water partition coefficient (Wildman–Crippen LogP) is 7.22. The smallest absolute Gasteiger partial charge is 0.137 e. The summed E-state index contributed by atoms with van der Waals surface area (Å²) in [5.74, 6) is 2.97. The Morgan fingerprint density at radius 1 is 0.946 bits per heavy atom. The minimum atomic E-state index is 0.132. The number of hydrogen-bond acceptors (Lipinski definition) is 4. The quantitative estimate of drug-likeness (QED) is 0.332. The minimum absolute atomic E-state index is 0.132. The Labute approximate surface area is 220 Å². The molecule has 0 radical (unpaired) electrons. The average molecular weight is 490 g/mol. The van der Waals surface area contributed by atoms with Crippen LogP contribution in [0.25, 0.3) is 6.08 Å². The van der Waals surface area contributed by atoms with Gasteiger partial charge in [-0.2, -0.15) is 10.5 Å². The van der Waals surface area contributed by atoms with Crippen LogP contribution in [-0.4, -0.2) is 13.1 Å². The summed E-state index contributed by atoms with van der Waals surface area (Å²) in [6.45, 7) is 11.7. The summed E-state index contributed by atoms with van der Waals surface area (Å²) in [5.41, 5.74) is 6.55. The lowest BCUT2D eigenvalue weighted by atomic mass is 9.69. The van der Waals surface area contributed by atoms with E-state index in [-0.39, 0.29) is 16.4 Å². The van der Waals surface area contributed by atoms with Crippen LogP contribution < -0.4 is 4.90 Å². The number of nitrogens with zero attached hydrogens (tertiary/aromatic N) is 3. The van der Waals surface area contributed by atoms with Crippen molar-refractivity contribution in [2.45, 2.75) is 64.2 Å². The molecule has 1 saturated carbocycles. The van der Waals surface area contributed by atoms with Gasteiger partial charge in [-0.15, -0.1) is 0 Å². The molecule has 0 saturated heterocycles. The predicted molar refractivity (Wildman–Crippen MR) is 147 cm³/mol. The van der Waals surface area contributed by atoms with Crippen molar-refractivity contribution in [3.05, 3.63) is 81.9 Å². The highest BCUT2D eigenvalue weighted by molar-refractivity contribution is 5.72. The summed E-state index contributed by atoms with van der Waals surface area (Å²) in [6.07, 6.45) is 17.1. The number of ether oxygens (including phenoxy) is 1. The summed E-state index contributed by atoms with van der Waals surface area (Å²) < 4.78 is 6.43. The number of allylic oxidation sites excluding steroid dienone is 8. The highest BCUT2D eigenvalue weighted by Crippen LogP contribution is 2.50. The first kappa shape index (κ1) is 23.9. The van der Waals surface area contributed by atoms with Crippen LogP contribution in [0.15, 0.2) is 65.2 Å². The Kier molecular flexibility index (Phi) is 5.50. The van der Waals surface area contributed by atoms with Crippen LogP contribution in [0.5, 0.6) is 0 Å². The van der Waals surface area contributed by atoms with Gasteiger partial charge in [0.05, 0.1) is 0 Å². The van der Waals surface area contributed by atoms with Crippen LogP contribution in [0.2, 0.25) is 0 Å². The van der Waals surface area contributed by atoms with Crippen molar-refractivity contribution in [3.8, 4) is 12.1 Å². The summed E-state index contributed by atoms with van der Waals surface area (Å²) in [7, 11) is 0. The highest BCUT2D eigenvalue weighted by atomic mass is 16.5. The molecule has 37 heavy (non-hydrogen) atoms. The van der Waals surface area contributed by atoms with E-state index in [0.717, 1.165) is 38.1 Å². The van der Waals surface area contributed by atoms with Crippen LogP contribution in [0.4, 0.5) is 5.69 Å². The molecule has 0 amide bonds. The normalized spacial score (nSPS) is 28.2. The van der Waals surface area contributed by atoms with Gasteiger partial charge in [-0.1, -0.05) is 45.9 Å². The second-order valence-corrected chi connectivity index (χ2v) is 12.7. The van der Waals surface area contributed by atoms with Gasteiger partial charge in [-0.3, -0.25) is 0 Å². The second-order valence-electron chi connectivity index (χ2n) is 12.7. The molecule has 1 aromatic carbocycles. The van der Waals surface area contributed by atoms with Crippen LogP contribution in [-0.2, 0) is 15.6 Å². The first-order valence-electron chi connectivity index (χ1n) is 13.6. The molecule has 3 heterocycles. The zero-order valence-corrected chi connectivity index (χ0v) is 22.3. The van der Waals surface area contributed by atoms with Gasteiger partial charge in [0, 0.05) is 30.3 Å². The van der Waals surface area contributed by atoms with E-state index in [0.29, 0.717) is 29.1 Å². The SMILES string of the molecule is CC1(C)CCN2CCC(C)(C)c3cc(/C=C/C4=CC(=C(C#N)C#N)C=C(C5CC6C=CC5C6)O4)cc1c32. The van der Waals surface area contributed by atoms with Crippen LogP contribution in [0.1, 0.15) is 70.1 Å². The molecule has 3 atom stereocenters. The van der Waals surface area contributed by atoms with Crippen molar-refractivity contribution in [2.75, 3.05) is 18.0 Å².